The molecule has 1 aromatic rings. The lowest BCUT2D eigenvalue weighted by atomic mass is 10.1. The predicted octanol–water partition coefficient (Wildman–Crippen LogP) is 3.60. The highest BCUT2D eigenvalue weighted by Gasteiger charge is 2.31. The number of ether oxygens (including phenoxy) is 1. The number of halogens is 3. The van der Waals surface area contributed by atoms with E-state index in [0.29, 0.717) is 5.56 Å². The smallest absolute Gasteiger partial charge is 0.416 e. The summed E-state index contributed by atoms with van der Waals surface area (Å²) in [7, 11) is -0.207. The molecular formula is C13H16F3NO2S. The molecule has 7 heteroatoms. The van der Waals surface area contributed by atoms with Crippen molar-refractivity contribution in [1.29, 1.82) is 0 Å². The zero-order valence-electron chi connectivity index (χ0n) is 11.6. The minimum absolute atomic E-state index is 0.0366. The molecule has 1 rings (SSSR count). The van der Waals surface area contributed by atoms with Crippen LogP contribution >= 0.6 is 0 Å². The Morgan fingerprint density at radius 3 is 2.30 bits per heavy atom. The van der Waals surface area contributed by atoms with Crippen LogP contribution in [0.3, 0.4) is 0 Å². The molecule has 0 aliphatic rings. The first-order chi connectivity index (χ1) is 9.05. The van der Waals surface area contributed by atoms with Crippen LogP contribution in [0.4, 0.5) is 13.2 Å². The summed E-state index contributed by atoms with van der Waals surface area (Å²) in [4.78, 5) is 0. The van der Waals surface area contributed by atoms with Gasteiger partial charge in [-0.05, 0) is 39.0 Å². The lowest BCUT2D eigenvalue weighted by Crippen LogP contribution is -2.19. The van der Waals surface area contributed by atoms with Crippen LogP contribution in [0.2, 0.25) is 0 Å². The molecule has 0 saturated heterocycles. The predicted molar refractivity (Wildman–Crippen MR) is 73.5 cm³/mol. The second kappa shape index (κ2) is 5.95. The Labute approximate surface area is 118 Å². The van der Waals surface area contributed by atoms with E-state index in [-0.39, 0.29) is 5.75 Å². The fourth-order valence-electron chi connectivity index (χ4n) is 1.26. The van der Waals surface area contributed by atoms with Gasteiger partial charge in [0, 0.05) is 11.8 Å². The maximum Gasteiger partial charge on any atom is 0.416 e. The van der Waals surface area contributed by atoms with E-state index in [2.05, 4.69) is 4.40 Å². The molecule has 0 aliphatic heterocycles. The van der Waals surface area contributed by atoms with Gasteiger partial charge in [0.05, 0.1) is 17.4 Å². The second-order valence-electron chi connectivity index (χ2n) is 5.05. The first-order valence-electron chi connectivity index (χ1n) is 5.77. The minimum Gasteiger partial charge on any atom is -0.496 e. The molecule has 20 heavy (non-hydrogen) atoms. The monoisotopic (exact) mass is 307 g/mol. The van der Waals surface area contributed by atoms with Gasteiger partial charge in [-0.1, -0.05) is 0 Å². The number of methoxy groups -OCH3 is 1. The first kappa shape index (κ1) is 16.7. The third kappa shape index (κ3) is 4.33. The summed E-state index contributed by atoms with van der Waals surface area (Å²) in [5.41, 5.74) is -0.457. The zero-order valence-corrected chi connectivity index (χ0v) is 12.4. The van der Waals surface area contributed by atoms with Crippen molar-refractivity contribution in [2.75, 3.05) is 7.11 Å². The van der Waals surface area contributed by atoms with Crippen LogP contribution < -0.4 is 4.74 Å². The number of alkyl halides is 3. The molecule has 1 aromatic carbocycles. The maximum absolute atomic E-state index is 12.6. The van der Waals surface area contributed by atoms with Gasteiger partial charge in [-0.3, -0.25) is 0 Å². The van der Waals surface area contributed by atoms with Crippen LogP contribution in [0.1, 0.15) is 31.9 Å². The van der Waals surface area contributed by atoms with E-state index in [1.54, 1.807) is 20.8 Å². The summed E-state index contributed by atoms with van der Waals surface area (Å²) in [5.74, 6) is 0.0366. The highest BCUT2D eigenvalue weighted by atomic mass is 32.2. The van der Waals surface area contributed by atoms with E-state index in [1.807, 2.05) is 0 Å². The molecule has 3 nitrogen and oxygen atoms in total. The van der Waals surface area contributed by atoms with Gasteiger partial charge < -0.3 is 4.74 Å². The number of hydrogen-bond donors (Lipinski definition) is 0. The van der Waals surface area contributed by atoms with E-state index >= 15 is 0 Å². The van der Waals surface area contributed by atoms with E-state index in [1.165, 1.54) is 19.4 Å². The molecule has 0 aliphatic carbocycles. The highest BCUT2D eigenvalue weighted by molar-refractivity contribution is 7.85. The summed E-state index contributed by atoms with van der Waals surface area (Å²) in [6, 6.07) is 3.07. The van der Waals surface area contributed by atoms with Crippen LogP contribution in [0, 0.1) is 0 Å². The molecule has 0 radical (unpaired) electrons. The van der Waals surface area contributed by atoms with Crippen molar-refractivity contribution in [2.45, 2.75) is 31.7 Å². The van der Waals surface area contributed by atoms with Crippen molar-refractivity contribution in [3.05, 3.63) is 29.3 Å². The molecule has 0 amide bonds. The fourth-order valence-corrected chi connectivity index (χ4v) is 1.78. The van der Waals surface area contributed by atoms with Crippen LogP contribution in [0.5, 0.6) is 5.75 Å². The lowest BCUT2D eigenvalue weighted by molar-refractivity contribution is -0.137. The van der Waals surface area contributed by atoms with Crippen LogP contribution in [-0.2, 0) is 17.2 Å². The summed E-state index contributed by atoms with van der Waals surface area (Å²) in [6.07, 6.45) is -3.17. The van der Waals surface area contributed by atoms with Gasteiger partial charge in [-0.15, -0.1) is 0 Å². The topological polar surface area (TPSA) is 38.7 Å². The third-order valence-electron chi connectivity index (χ3n) is 2.37. The van der Waals surface area contributed by atoms with Crippen molar-refractivity contribution in [2.24, 2.45) is 4.40 Å². The fraction of sp³-hybridized carbons (Fsp3) is 0.462. The van der Waals surface area contributed by atoms with Gasteiger partial charge in [-0.2, -0.15) is 17.6 Å². The first-order valence-corrected chi connectivity index (χ1v) is 6.87. The normalized spacial score (nSPS) is 14.6. The van der Waals surface area contributed by atoms with Gasteiger partial charge in [-0.25, -0.2) is 4.21 Å². The Morgan fingerprint density at radius 2 is 1.85 bits per heavy atom. The van der Waals surface area contributed by atoms with Crippen LogP contribution in [-0.4, -0.2) is 22.3 Å². The van der Waals surface area contributed by atoms with Crippen molar-refractivity contribution in [3.63, 3.8) is 0 Å². The molecule has 0 unspecified atom stereocenters. The van der Waals surface area contributed by atoms with Crippen molar-refractivity contribution >= 4 is 17.2 Å². The molecule has 0 aromatic heterocycles. The van der Waals surface area contributed by atoms with Gasteiger partial charge in [0.25, 0.3) is 0 Å². The largest absolute Gasteiger partial charge is 0.496 e. The van der Waals surface area contributed by atoms with Crippen LogP contribution in [0.15, 0.2) is 22.6 Å². The quantitative estimate of drug-likeness (QED) is 0.800. The molecule has 112 valence electrons. The number of nitrogens with zero attached hydrogens (tertiary/aromatic N) is 1. The van der Waals surface area contributed by atoms with Crippen molar-refractivity contribution in [3.8, 4) is 5.75 Å². The van der Waals surface area contributed by atoms with E-state index in [4.69, 9.17) is 4.74 Å². The van der Waals surface area contributed by atoms with Crippen LogP contribution in [0.25, 0.3) is 0 Å². The number of rotatable bonds is 3. The molecule has 0 N–H and O–H groups in total. The minimum atomic E-state index is -4.43. The Bertz CT molecular complexity index is 533. The summed E-state index contributed by atoms with van der Waals surface area (Å²) in [5, 5.41) is 0. The average Bonchev–Trinajstić information content (AvgIpc) is 2.33. The molecule has 0 bridgehead atoms. The molecule has 0 saturated carbocycles. The zero-order chi connectivity index (χ0) is 15.6. The highest BCUT2D eigenvalue weighted by Crippen LogP contribution is 2.32. The molecule has 1 atom stereocenters. The Kier molecular flexibility index (Phi) is 4.96. The average molecular weight is 307 g/mol. The van der Waals surface area contributed by atoms with E-state index in [9.17, 15) is 17.4 Å². The number of hydrogen-bond acceptors (Lipinski definition) is 2. The Balaban J connectivity index is 3.09. The molecular weight excluding hydrogens is 291 g/mol. The van der Waals surface area contributed by atoms with E-state index < -0.39 is 27.5 Å². The SMILES string of the molecule is COc1cc(C(F)(F)F)ccc1/C=N/[S@@](=O)C(C)(C)C. The molecule has 0 spiro atoms. The van der Waals surface area contributed by atoms with Gasteiger partial charge >= 0.3 is 6.18 Å². The summed E-state index contributed by atoms with van der Waals surface area (Å²) in [6.45, 7) is 5.26. The maximum atomic E-state index is 12.6. The third-order valence-corrected chi connectivity index (χ3v) is 3.72. The number of benzene rings is 1. The van der Waals surface area contributed by atoms with Crippen molar-refractivity contribution < 1.29 is 22.1 Å². The Morgan fingerprint density at radius 1 is 1.25 bits per heavy atom. The summed E-state index contributed by atoms with van der Waals surface area (Å²) >= 11 is 0. The van der Waals surface area contributed by atoms with Gasteiger partial charge in [0.1, 0.15) is 16.7 Å². The Hall–Kier alpha value is -1.37. The summed E-state index contributed by atoms with van der Waals surface area (Å²) < 4.78 is 57.7. The van der Waals surface area contributed by atoms with E-state index in [0.717, 1.165) is 12.1 Å². The molecule has 0 heterocycles. The van der Waals surface area contributed by atoms with Gasteiger partial charge in [0.2, 0.25) is 0 Å². The molecule has 0 fully saturated rings. The standard InChI is InChI=1S/C13H16F3NO2S/c1-12(2,3)20(18)17-8-9-5-6-10(13(14,15)16)7-11(9)19-4/h5-8H,1-4H3/b17-8+/t20-/m0/s1. The van der Waals surface area contributed by atoms with Gasteiger partial charge in [0.15, 0.2) is 0 Å². The lowest BCUT2D eigenvalue weighted by Gasteiger charge is -2.13. The second-order valence-corrected chi connectivity index (χ2v) is 6.98. The van der Waals surface area contributed by atoms with Crippen molar-refractivity contribution in [1.82, 2.24) is 0 Å².